The topological polar surface area (TPSA) is 73.5 Å². The second-order valence-electron chi connectivity index (χ2n) is 8.54. The number of anilines is 2. The minimum Gasteiger partial charge on any atom is -0.372 e. The van der Waals surface area contributed by atoms with Crippen LogP contribution in [-0.2, 0) is 15.8 Å². The third-order valence-corrected chi connectivity index (χ3v) is 9.06. The molecule has 188 valence electrons. The molecule has 2 aliphatic rings. The van der Waals surface area contributed by atoms with E-state index in [0.29, 0.717) is 14.8 Å². The minimum atomic E-state index is -4.73. The average molecular weight is 534 g/mol. The van der Waals surface area contributed by atoms with Gasteiger partial charge >= 0.3 is 11.0 Å². The summed E-state index contributed by atoms with van der Waals surface area (Å²) in [6.45, 7) is 5.70. The Bertz CT molecular complexity index is 1380. The Labute approximate surface area is 213 Å². The molecule has 3 heterocycles. The number of aromatic amines is 1. The number of aromatic nitrogens is 1. The molecule has 2 aromatic carbocycles. The van der Waals surface area contributed by atoms with Crippen molar-refractivity contribution in [3.8, 4) is 0 Å². The van der Waals surface area contributed by atoms with Gasteiger partial charge in [-0.2, -0.15) is 13.2 Å². The van der Waals surface area contributed by atoms with Crippen molar-refractivity contribution in [1.29, 1.82) is 0 Å². The molecule has 0 aliphatic carbocycles. The molecular formula is C25H22F3N3O3S2. The van der Waals surface area contributed by atoms with Crippen molar-refractivity contribution < 1.29 is 22.8 Å². The molecular weight excluding hydrogens is 511 g/mol. The fourth-order valence-corrected chi connectivity index (χ4v) is 7.52. The van der Waals surface area contributed by atoms with Gasteiger partial charge in [-0.25, -0.2) is 4.90 Å². The molecule has 1 fully saturated rings. The summed E-state index contributed by atoms with van der Waals surface area (Å²) in [6.07, 6.45) is -4.73. The summed E-state index contributed by atoms with van der Waals surface area (Å²) in [6, 6.07) is 12.2. The van der Waals surface area contributed by atoms with Crippen molar-refractivity contribution in [1.82, 2.24) is 4.98 Å². The van der Waals surface area contributed by atoms with Gasteiger partial charge in [0, 0.05) is 29.6 Å². The summed E-state index contributed by atoms with van der Waals surface area (Å²) < 4.78 is 41.2. The SMILES string of the molecule is CCN(CC)c1ccc([C@H]2c3sc(=O)[nH]c3SC3C(=O)N(c4ccccc4C(F)(F)F)C(=O)C32)cc1. The summed E-state index contributed by atoms with van der Waals surface area (Å²) in [5.74, 6) is -2.99. The number of nitrogens with zero attached hydrogens (tertiary/aromatic N) is 2. The third kappa shape index (κ3) is 3.94. The largest absolute Gasteiger partial charge is 0.418 e. The third-order valence-electron chi connectivity index (χ3n) is 6.66. The number of carbonyl (C=O) groups excluding carboxylic acids is 2. The highest BCUT2D eigenvalue weighted by atomic mass is 32.2. The number of thiazole rings is 1. The highest BCUT2D eigenvalue weighted by Crippen LogP contribution is 2.54. The second-order valence-corrected chi connectivity index (χ2v) is 10.7. The molecule has 3 aromatic rings. The molecule has 2 unspecified atom stereocenters. The predicted octanol–water partition coefficient (Wildman–Crippen LogP) is 5.10. The van der Waals surface area contributed by atoms with Crippen LogP contribution in [0, 0.1) is 5.92 Å². The lowest BCUT2D eigenvalue weighted by Crippen LogP contribution is -2.33. The van der Waals surface area contributed by atoms with E-state index in [-0.39, 0.29) is 4.87 Å². The van der Waals surface area contributed by atoms with Crippen LogP contribution in [-0.4, -0.2) is 35.1 Å². The summed E-state index contributed by atoms with van der Waals surface area (Å²) in [5.41, 5.74) is 0.202. The van der Waals surface area contributed by atoms with Gasteiger partial charge in [0.1, 0.15) is 5.25 Å². The van der Waals surface area contributed by atoms with Crippen LogP contribution in [0.2, 0.25) is 0 Å². The van der Waals surface area contributed by atoms with Gasteiger partial charge in [0.15, 0.2) is 0 Å². The molecule has 0 spiro atoms. The van der Waals surface area contributed by atoms with Gasteiger partial charge in [-0.3, -0.25) is 14.4 Å². The normalized spacial score (nSPS) is 21.5. The number of fused-ring (bicyclic) bond motifs is 2. The van der Waals surface area contributed by atoms with E-state index in [9.17, 15) is 27.6 Å². The fourth-order valence-electron chi connectivity index (χ4n) is 5.00. The minimum absolute atomic E-state index is 0.309. The standard InChI is InChI=1S/C25H22F3N3O3S2/c1-3-30(4-2)14-11-9-13(10-12-14)17-18-20(35-21-19(17)36-24(34)29-21)23(33)31(22(18)32)16-8-6-5-7-15(16)25(26,27)28/h5-12,17-18,20H,3-4H2,1-2H3,(H,29,34)/t17-,18?,20?/m1/s1. The smallest absolute Gasteiger partial charge is 0.372 e. The van der Waals surface area contributed by atoms with Gasteiger partial charge in [-0.15, -0.1) is 0 Å². The first-order chi connectivity index (χ1) is 17.2. The zero-order chi connectivity index (χ0) is 25.8. The Kier molecular flexibility index (Phi) is 6.24. The maximum atomic E-state index is 13.7. The van der Waals surface area contributed by atoms with E-state index in [1.807, 2.05) is 38.1 Å². The maximum absolute atomic E-state index is 13.7. The van der Waals surface area contributed by atoms with Crippen LogP contribution in [0.3, 0.4) is 0 Å². The predicted molar refractivity (Wildman–Crippen MR) is 134 cm³/mol. The van der Waals surface area contributed by atoms with E-state index in [1.165, 1.54) is 12.1 Å². The number of halogens is 3. The van der Waals surface area contributed by atoms with E-state index in [2.05, 4.69) is 9.88 Å². The van der Waals surface area contributed by atoms with Crippen LogP contribution in [0.1, 0.15) is 35.8 Å². The van der Waals surface area contributed by atoms with Crippen molar-refractivity contribution in [2.75, 3.05) is 22.9 Å². The summed E-state index contributed by atoms with van der Waals surface area (Å²) in [4.78, 5) is 45.3. The lowest BCUT2D eigenvalue weighted by molar-refractivity contribution is -0.137. The van der Waals surface area contributed by atoms with Crippen molar-refractivity contribution in [3.05, 3.63) is 74.2 Å². The number of para-hydroxylation sites is 1. The number of amides is 2. The Morgan fingerprint density at radius 3 is 2.28 bits per heavy atom. The van der Waals surface area contributed by atoms with Gasteiger partial charge in [0.25, 0.3) is 0 Å². The van der Waals surface area contributed by atoms with Gasteiger partial charge in [-0.05, 0) is 43.7 Å². The number of nitrogens with one attached hydrogen (secondary N) is 1. The number of hydrogen-bond donors (Lipinski definition) is 1. The average Bonchev–Trinajstić information content (AvgIpc) is 3.34. The molecule has 2 aliphatic heterocycles. The Hall–Kier alpha value is -3.05. The number of hydrogen-bond acceptors (Lipinski definition) is 6. The number of imide groups is 1. The van der Waals surface area contributed by atoms with Gasteiger partial charge in [0.05, 0.1) is 22.2 Å². The number of benzene rings is 2. The monoisotopic (exact) mass is 533 g/mol. The molecule has 0 bridgehead atoms. The van der Waals surface area contributed by atoms with Gasteiger partial charge < -0.3 is 9.88 Å². The first kappa shape index (κ1) is 24.6. The molecule has 2 amide bonds. The van der Waals surface area contributed by atoms with E-state index in [0.717, 1.165) is 59.6 Å². The molecule has 0 radical (unpaired) electrons. The van der Waals surface area contributed by atoms with E-state index in [1.54, 1.807) is 0 Å². The highest BCUT2D eigenvalue weighted by molar-refractivity contribution is 8.00. The Morgan fingerprint density at radius 1 is 0.972 bits per heavy atom. The van der Waals surface area contributed by atoms with Crippen LogP contribution in [0.5, 0.6) is 0 Å². The van der Waals surface area contributed by atoms with Crippen molar-refractivity contribution in [2.45, 2.75) is 36.2 Å². The van der Waals surface area contributed by atoms with Crippen LogP contribution in [0.15, 0.2) is 58.4 Å². The van der Waals surface area contributed by atoms with Gasteiger partial charge in [-0.1, -0.05) is 47.4 Å². The number of carbonyl (C=O) groups is 2. The zero-order valence-electron chi connectivity index (χ0n) is 19.3. The zero-order valence-corrected chi connectivity index (χ0v) is 21.0. The molecule has 36 heavy (non-hydrogen) atoms. The molecule has 5 rings (SSSR count). The molecule has 0 saturated carbocycles. The molecule has 3 atom stereocenters. The summed E-state index contributed by atoms with van der Waals surface area (Å²) in [7, 11) is 0. The number of alkyl halides is 3. The Balaban J connectivity index is 1.61. The Morgan fingerprint density at radius 2 is 1.64 bits per heavy atom. The van der Waals surface area contributed by atoms with Crippen molar-refractivity contribution in [2.24, 2.45) is 5.92 Å². The lowest BCUT2D eigenvalue weighted by Gasteiger charge is -2.30. The molecule has 6 nitrogen and oxygen atoms in total. The van der Waals surface area contributed by atoms with Crippen molar-refractivity contribution in [3.63, 3.8) is 0 Å². The quantitative estimate of drug-likeness (QED) is 0.462. The first-order valence-corrected chi connectivity index (χ1v) is 13.1. The molecule has 1 saturated heterocycles. The summed E-state index contributed by atoms with van der Waals surface area (Å²) in [5, 5.41) is -0.472. The highest BCUT2D eigenvalue weighted by Gasteiger charge is 2.57. The van der Waals surface area contributed by atoms with Crippen LogP contribution >= 0.6 is 23.1 Å². The first-order valence-electron chi connectivity index (χ1n) is 11.4. The van der Waals surface area contributed by atoms with E-state index >= 15 is 0 Å². The van der Waals surface area contributed by atoms with Crippen LogP contribution in [0.25, 0.3) is 0 Å². The number of rotatable bonds is 5. The number of H-pyrrole nitrogens is 1. The molecule has 11 heteroatoms. The molecule has 1 aromatic heterocycles. The van der Waals surface area contributed by atoms with E-state index in [4.69, 9.17) is 0 Å². The second kappa shape index (κ2) is 9.11. The van der Waals surface area contributed by atoms with Crippen LogP contribution < -0.4 is 14.7 Å². The number of thioether (sulfide) groups is 1. The van der Waals surface area contributed by atoms with Crippen molar-refractivity contribution >= 4 is 46.3 Å². The lowest BCUT2D eigenvalue weighted by atomic mass is 9.83. The van der Waals surface area contributed by atoms with E-state index < -0.39 is 46.3 Å². The molecule has 1 N–H and O–H groups in total. The summed E-state index contributed by atoms with van der Waals surface area (Å²) >= 11 is 2.00. The maximum Gasteiger partial charge on any atom is 0.418 e. The van der Waals surface area contributed by atoms with Gasteiger partial charge in [0.2, 0.25) is 11.8 Å². The fraction of sp³-hybridized carbons (Fsp3) is 0.320. The van der Waals surface area contributed by atoms with Crippen LogP contribution in [0.4, 0.5) is 24.5 Å².